The molecule has 10 nitrogen and oxygen atoms in total. The molecule has 0 saturated carbocycles. The summed E-state index contributed by atoms with van der Waals surface area (Å²) >= 11 is 0. The minimum absolute atomic E-state index is 0.00783. The molecule has 2 aromatic carbocycles. The highest BCUT2D eigenvalue weighted by Gasteiger charge is 2.36. The van der Waals surface area contributed by atoms with Crippen molar-refractivity contribution in [3.8, 4) is 0 Å². The first-order chi connectivity index (χ1) is 20.7. The summed E-state index contributed by atoms with van der Waals surface area (Å²) in [5.74, 6) is -0.299. The summed E-state index contributed by atoms with van der Waals surface area (Å²) in [6, 6.07) is 18.8. The molecular weight excluding hydrogens is 560 g/mol. The minimum atomic E-state index is -0.405. The fourth-order valence-electron chi connectivity index (χ4n) is 3.90. The molecule has 3 rings (SSSR count). The van der Waals surface area contributed by atoms with Gasteiger partial charge in [0, 0.05) is 19.1 Å². The summed E-state index contributed by atoms with van der Waals surface area (Å²) in [5.41, 5.74) is 1.79. The van der Waals surface area contributed by atoms with E-state index in [2.05, 4.69) is 20.7 Å². The molecule has 1 aliphatic heterocycles. The number of nitrogens with zero attached hydrogens (tertiary/aromatic N) is 1. The first-order valence-corrected chi connectivity index (χ1v) is 15.2. The van der Waals surface area contributed by atoms with Gasteiger partial charge in [0.25, 0.3) is 0 Å². The number of nitrogens with one attached hydrogen (secondary N) is 3. The zero-order valence-corrected chi connectivity index (χ0v) is 27.8. The van der Waals surface area contributed by atoms with Gasteiger partial charge in [-0.15, -0.1) is 0 Å². The molecule has 1 heterocycles. The largest absolute Gasteiger partial charge is 0.468 e. The van der Waals surface area contributed by atoms with Crippen molar-refractivity contribution >= 4 is 23.9 Å². The van der Waals surface area contributed by atoms with Gasteiger partial charge in [0.1, 0.15) is 23.7 Å². The van der Waals surface area contributed by atoms with E-state index in [-0.39, 0.29) is 42.0 Å². The summed E-state index contributed by atoms with van der Waals surface area (Å²) in [6.45, 7) is 16.1. The number of piperazine rings is 1. The number of carbonyl (C=O) groups is 4. The lowest BCUT2D eigenvalue weighted by Gasteiger charge is -2.37. The van der Waals surface area contributed by atoms with Crippen LogP contribution in [0.5, 0.6) is 0 Å². The summed E-state index contributed by atoms with van der Waals surface area (Å²) in [7, 11) is 1.39. The molecule has 0 aliphatic carbocycles. The van der Waals surface area contributed by atoms with Crippen LogP contribution in [0.3, 0.4) is 0 Å². The number of carbonyl (C=O) groups excluding carboxylic acids is 4. The number of amides is 3. The molecule has 1 aliphatic rings. The normalized spacial score (nSPS) is 17.4. The number of rotatable bonds is 9. The Morgan fingerprint density at radius 3 is 1.98 bits per heavy atom. The van der Waals surface area contributed by atoms with Crippen molar-refractivity contribution in [2.24, 2.45) is 0 Å². The number of esters is 1. The van der Waals surface area contributed by atoms with Crippen LogP contribution >= 0.6 is 0 Å². The maximum absolute atomic E-state index is 12.2. The van der Waals surface area contributed by atoms with Crippen LogP contribution in [0.4, 0.5) is 4.79 Å². The molecule has 3 N–H and O–H groups in total. The fraction of sp³-hybridized carbons (Fsp3) is 0.529. The predicted molar refractivity (Wildman–Crippen MR) is 173 cm³/mol. The van der Waals surface area contributed by atoms with Gasteiger partial charge in [-0.2, -0.15) is 0 Å². The Labute approximate surface area is 263 Å². The molecule has 3 amide bonds. The third-order valence-corrected chi connectivity index (χ3v) is 6.73. The molecule has 1 saturated heterocycles. The Hall–Kier alpha value is -3.92. The molecule has 0 radical (unpaired) electrons. The number of hydrogen-bond donors (Lipinski definition) is 3. The highest BCUT2D eigenvalue weighted by molar-refractivity contribution is 5.96. The molecule has 1 fully saturated rings. The number of hydrogen-bond acceptors (Lipinski definition) is 7. The zero-order chi connectivity index (χ0) is 33.3. The van der Waals surface area contributed by atoms with E-state index < -0.39 is 11.6 Å². The summed E-state index contributed by atoms with van der Waals surface area (Å²) in [6.07, 6.45) is 1.21. The standard InChI is InChI=1S/C14H18N2O2.C11H15NO2.C9H19NO2/c1-3-12-14(18)16(10(2)13(17)15-12)9-11-7-5-4-6-8-11;1-9(11(13)14-2)12-8-10-6-4-3-5-7-10;1-6-7(2)10-8(11)12-9(3,4)5/h4-8,10,12H,3,9H2,1-2H3,(H,15,17);3-7,9,12H,8H2,1-2H3;7H,6H2,1-5H3,(H,10,11)/t10-,12+;9-;7-/m111/s1. The maximum Gasteiger partial charge on any atom is 0.407 e. The van der Waals surface area contributed by atoms with E-state index in [9.17, 15) is 19.2 Å². The van der Waals surface area contributed by atoms with Crippen molar-refractivity contribution in [1.29, 1.82) is 0 Å². The summed E-state index contributed by atoms with van der Waals surface area (Å²) in [5, 5.41) is 8.55. The van der Waals surface area contributed by atoms with Gasteiger partial charge in [-0.25, -0.2) is 4.79 Å². The molecule has 0 spiro atoms. The van der Waals surface area contributed by atoms with Crippen molar-refractivity contribution in [1.82, 2.24) is 20.9 Å². The van der Waals surface area contributed by atoms with E-state index in [0.717, 1.165) is 17.5 Å². The Morgan fingerprint density at radius 2 is 1.50 bits per heavy atom. The molecule has 44 heavy (non-hydrogen) atoms. The van der Waals surface area contributed by atoms with Gasteiger partial charge in [0.2, 0.25) is 11.8 Å². The van der Waals surface area contributed by atoms with Crippen molar-refractivity contribution in [2.75, 3.05) is 7.11 Å². The second-order valence-electron chi connectivity index (χ2n) is 11.7. The number of ether oxygens (including phenoxy) is 2. The van der Waals surface area contributed by atoms with E-state index in [1.165, 1.54) is 7.11 Å². The topological polar surface area (TPSA) is 126 Å². The zero-order valence-electron chi connectivity index (χ0n) is 27.8. The van der Waals surface area contributed by atoms with E-state index in [0.29, 0.717) is 19.5 Å². The second kappa shape index (κ2) is 19.4. The SMILES string of the molecule is CC[C@@H](C)NC(=O)OC(C)(C)C.CC[C@@H]1NC(=O)[C@@H](C)N(Cc2ccccc2)C1=O.COC(=O)[C@@H](C)NCc1ccccc1. The Balaban J connectivity index is 0.000000339. The highest BCUT2D eigenvalue weighted by Crippen LogP contribution is 2.16. The van der Waals surface area contributed by atoms with Crippen LogP contribution in [0.15, 0.2) is 60.7 Å². The predicted octanol–water partition coefficient (Wildman–Crippen LogP) is 4.96. The van der Waals surface area contributed by atoms with Gasteiger partial charge >= 0.3 is 12.1 Å². The third kappa shape index (κ3) is 14.5. The first-order valence-electron chi connectivity index (χ1n) is 15.2. The summed E-state index contributed by atoms with van der Waals surface area (Å²) in [4.78, 5) is 47.8. The van der Waals surface area contributed by atoms with E-state index in [1.807, 2.05) is 102 Å². The lowest BCUT2D eigenvalue weighted by Crippen LogP contribution is -2.61. The lowest BCUT2D eigenvalue weighted by atomic mass is 10.1. The fourth-order valence-corrected chi connectivity index (χ4v) is 3.90. The first kappa shape index (κ1) is 38.1. The van der Waals surface area contributed by atoms with Crippen LogP contribution < -0.4 is 16.0 Å². The van der Waals surface area contributed by atoms with Crippen molar-refractivity contribution in [2.45, 2.75) is 111 Å². The quantitative estimate of drug-likeness (QED) is 0.342. The number of alkyl carbamates (subject to hydrolysis) is 1. The van der Waals surface area contributed by atoms with Crippen LogP contribution in [-0.2, 0) is 36.9 Å². The molecule has 244 valence electrons. The lowest BCUT2D eigenvalue weighted by molar-refractivity contribution is -0.149. The maximum atomic E-state index is 12.2. The highest BCUT2D eigenvalue weighted by atomic mass is 16.6. The van der Waals surface area contributed by atoms with Crippen LogP contribution in [-0.4, -0.2) is 65.7 Å². The van der Waals surface area contributed by atoms with Crippen molar-refractivity contribution in [3.63, 3.8) is 0 Å². The second-order valence-corrected chi connectivity index (χ2v) is 11.7. The van der Waals surface area contributed by atoms with Crippen molar-refractivity contribution < 1.29 is 28.7 Å². The van der Waals surface area contributed by atoms with Gasteiger partial charge in [0.05, 0.1) is 7.11 Å². The average Bonchev–Trinajstić information content (AvgIpc) is 3.00. The molecule has 4 atom stereocenters. The summed E-state index contributed by atoms with van der Waals surface area (Å²) < 4.78 is 9.66. The van der Waals surface area contributed by atoms with Gasteiger partial charge in [0.15, 0.2) is 0 Å². The Morgan fingerprint density at radius 1 is 0.955 bits per heavy atom. The molecule has 10 heteroatoms. The van der Waals surface area contributed by atoms with Gasteiger partial charge in [-0.1, -0.05) is 74.5 Å². The minimum Gasteiger partial charge on any atom is -0.468 e. The molecule has 2 aromatic rings. The van der Waals surface area contributed by atoms with E-state index in [1.54, 1.807) is 18.7 Å². The van der Waals surface area contributed by atoms with Gasteiger partial charge < -0.3 is 30.3 Å². The van der Waals surface area contributed by atoms with Crippen LogP contribution in [0.25, 0.3) is 0 Å². The Kier molecular flexibility index (Phi) is 16.8. The van der Waals surface area contributed by atoms with Crippen LogP contribution in [0.1, 0.15) is 79.4 Å². The molecule has 0 aromatic heterocycles. The Bertz CT molecular complexity index is 1150. The number of methoxy groups -OCH3 is 1. The third-order valence-electron chi connectivity index (χ3n) is 6.73. The number of benzene rings is 2. The molecule has 0 unspecified atom stereocenters. The van der Waals surface area contributed by atoms with Gasteiger partial charge in [-0.3, -0.25) is 14.4 Å². The van der Waals surface area contributed by atoms with Crippen LogP contribution in [0.2, 0.25) is 0 Å². The van der Waals surface area contributed by atoms with E-state index >= 15 is 0 Å². The van der Waals surface area contributed by atoms with Crippen LogP contribution in [0, 0.1) is 0 Å². The smallest absolute Gasteiger partial charge is 0.407 e. The molecule has 0 bridgehead atoms. The van der Waals surface area contributed by atoms with E-state index in [4.69, 9.17) is 4.74 Å². The average molecular weight is 613 g/mol. The van der Waals surface area contributed by atoms with Gasteiger partial charge in [-0.05, 0) is 65.5 Å². The monoisotopic (exact) mass is 612 g/mol. The van der Waals surface area contributed by atoms with Crippen molar-refractivity contribution in [3.05, 3.63) is 71.8 Å². The molecular formula is C34H52N4O6.